The molecule has 0 aliphatic carbocycles. The Morgan fingerprint density at radius 3 is 2.57 bits per heavy atom. The number of H-pyrrole nitrogens is 1. The van der Waals surface area contributed by atoms with Gasteiger partial charge in [-0.05, 0) is 69.3 Å². The Labute approximate surface area is 181 Å². The molecule has 3 heteroatoms. The molecule has 3 aromatic rings. The lowest BCUT2D eigenvalue weighted by Crippen LogP contribution is -2.36. The minimum Gasteiger partial charge on any atom is -0.372 e. The van der Waals surface area contributed by atoms with E-state index in [4.69, 9.17) is 4.74 Å². The fraction of sp³-hybridized carbons (Fsp3) is 0.481. The van der Waals surface area contributed by atoms with Gasteiger partial charge in [-0.3, -0.25) is 0 Å². The molecule has 0 saturated carbocycles. The van der Waals surface area contributed by atoms with Gasteiger partial charge in [-0.1, -0.05) is 61.9 Å². The second-order valence-corrected chi connectivity index (χ2v) is 8.97. The molecule has 2 heterocycles. The van der Waals surface area contributed by atoms with E-state index < -0.39 is 0 Å². The first-order valence-electron chi connectivity index (χ1n) is 11.6. The molecular formula is C27H36N2O. The fourth-order valence-corrected chi connectivity index (χ4v) is 5.29. The monoisotopic (exact) mass is 404 g/mol. The number of nitrogens with zero attached hydrogens (tertiary/aromatic N) is 1. The average molecular weight is 405 g/mol. The molecule has 4 rings (SSSR count). The van der Waals surface area contributed by atoms with Crippen LogP contribution in [0.1, 0.15) is 55.5 Å². The van der Waals surface area contributed by atoms with Crippen LogP contribution < -0.4 is 0 Å². The Hall–Kier alpha value is -2.10. The molecule has 160 valence electrons. The number of nitrogens with one attached hydrogen (secondary N) is 1. The maximum atomic E-state index is 6.25. The van der Waals surface area contributed by atoms with Crippen LogP contribution in [0.3, 0.4) is 0 Å². The lowest BCUT2D eigenvalue weighted by molar-refractivity contribution is 0.0263. The number of rotatable bonds is 9. The van der Waals surface area contributed by atoms with Gasteiger partial charge in [-0.2, -0.15) is 0 Å². The first-order chi connectivity index (χ1) is 14.7. The molecule has 3 atom stereocenters. The number of aromatic nitrogens is 1. The van der Waals surface area contributed by atoms with Crippen molar-refractivity contribution in [1.29, 1.82) is 0 Å². The van der Waals surface area contributed by atoms with Crippen LogP contribution in [-0.2, 0) is 17.6 Å². The van der Waals surface area contributed by atoms with Gasteiger partial charge < -0.3 is 14.6 Å². The topological polar surface area (TPSA) is 28.3 Å². The van der Waals surface area contributed by atoms with Crippen molar-refractivity contribution < 1.29 is 4.74 Å². The smallest absolute Gasteiger partial charge is 0.0975 e. The molecule has 0 bridgehead atoms. The van der Waals surface area contributed by atoms with Crippen LogP contribution in [0.4, 0.5) is 0 Å². The molecule has 3 unspecified atom stereocenters. The van der Waals surface area contributed by atoms with Crippen molar-refractivity contribution in [3.8, 4) is 0 Å². The predicted molar refractivity (Wildman–Crippen MR) is 126 cm³/mol. The number of para-hydroxylation sites is 1. The molecular weight excluding hydrogens is 368 g/mol. The highest BCUT2D eigenvalue weighted by atomic mass is 16.5. The van der Waals surface area contributed by atoms with Gasteiger partial charge in [-0.25, -0.2) is 0 Å². The molecule has 0 fully saturated rings. The Kier molecular flexibility index (Phi) is 6.91. The first kappa shape index (κ1) is 21.1. The van der Waals surface area contributed by atoms with Gasteiger partial charge >= 0.3 is 0 Å². The highest BCUT2D eigenvalue weighted by molar-refractivity contribution is 5.85. The van der Waals surface area contributed by atoms with Crippen LogP contribution in [-0.4, -0.2) is 36.6 Å². The summed E-state index contributed by atoms with van der Waals surface area (Å²) >= 11 is 0. The summed E-state index contributed by atoms with van der Waals surface area (Å²) < 4.78 is 6.25. The highest BCUT2D eigenvalue weighted by Crippen LogP contribution is 2.36. The van der Waals surface area contributed by atoms with E-state index in [1.54, 1.807) is 0 Å². The van der Waals surface area contributed by atoms with E-state index in [-0.39, 0.29) is 6.10 Å². The third kappa shape index (κ3) is 4.63. The van der Waals surface area contributed by atoms with E-state index in [0.717, 1.165) is 25.9 Å². The Balaban J connectivity index is 1.43. The summed E-state index contributed by atoms with van der Waals surface area (Å²) in [5, 5.41) is 1.38. The third-order valence-corrected chi connectivity index (χ3v) is 6.94. The van der Waals surface area contributed by atoms with Gasteiger partial charge in [0.2, 0.25) is 0 Å². The van der Waals surface area contributed by atoms with Gasteiger partial charge in [0.25, 0.3) is 0 Å². The molecule has 0 saturated heterocycles. The van der Waals surface area contributed by atoms with E-state index in [2.05, 4.69) is 85.5 Å². The van der Waals surface area contributed by atoms with Crippen LogP contribution in [0, 0.1) is 5.92 Å². The zero-order valence-electron chi connectivity index (χ0n) is 18.7. The van der Waals surface area contributed by atoms with Gasteiger partial charge in [-0.15, -0.1) is 0 Å². The lowest BCUT2D eigenvalue weighted by Gasteiger charge is -2.33. The normalized spacial score (nSPS) is 18.5. The summed E-state index contributed by atoms with van der Waals surface area (Å²) in [7, 11) is 4.48. The number of aromatic amines is 1. The van der Waals surface area contributed by atoms with Crippen LogP contribution in [0.5, 0.6) is 0 Å². The Morgan fingerprint density at radius 1 is 1.03 bits per heavy atom. The van der Waals surface area contributed by atoms with Crippen molar-refractivity contribution in [3.05, 3.63) is 71.4 Å². The maximum Gasteiger partial charge on any atom is 0.0975 e. The molecule has 1 aliphatic rings. The van der Waals surface area contributed by atoms with Crippen molar-refractivity contribution in [3.63, 3.8) is 0 Å². The van der Waals surface area contributed by atoms with E-state index in [1.807, 2.05) is 0 Å². The largest absolute Gasteiger partial charge is 0.372 e. The number of fused-ring (bicyclic) bond motifs is 3. The summed E-state index contributed by atoms with van der Waals surface area (Å²) in [6.45, 7) is 3.18. The van der Waals surface area contributed by atoms with Crippen LogP contribution >= 0.6 is 0 Å². The van der Waals surface area contributed by atoms with E-state index >= 15 is 0 Å². The SMILES string of the molecule is CCC(CCC1OCCc2c1[nH]c1ccccc21)C(CCc1ccccc1)N(C)C. The molecule has 3 nitrogen and oxygen atoms in total. The van der Waals surface area contributed by atoms with Crippen molar-refractivity contribution in [2.75, 3.05) is 20.7 Å². The zero-order chi connectivity index (χ0) is 20.9. The molecule has 30 heavy (non-hydrogen) atoms. The summed E-state index contributed by atoms with van der Waals surface area (Å²) in [4.78, 5) is 6.11. The first-order valence-corrected chi connectivity index (χ1v) is 11.6. The predicted octanol–water partition coefficient (Wildman–Crippen LogP) is 6.15. The highest BCUT2D eigenvalue weighted by Gasteiger charge is 2.28. The quantitative estimate of drug-likeness (QED) is 0.463. The van der Waals surface area contributed by atoms with Crippen molar-refractivity contribution >= 4 is 10.9 Å². The van der Waals surface area contributed by atoms with Gasteiger partial charge in [0, 0.05) is 22.6 Å². The standard InChI is InChI=1S/C27H36N2O/c1-4-21(25(29(2)3)16-14-20-10-6-5-7-11-20)15-17-26-27-23(18-19-30-26)22-12-8-9-13-24(22)28-27/h5-13,21,25-26,28H,4,14-19H2,1-3H3. The van der Waals surface area contributed by atoms with Crippen molar-refractivity contribution in [2.24, 2.45) is 5.92 Å². The van der Waals surface area contributed by atoms with Crippen molar-refractivity contribution in [1.82, 2.24) is 9.88 Å². The molecule has 0 spiro atoms. The second-order valence-electron chi connectivity index (χ2n) is 8.97. The Morgan fingerprint density at radius 2 is 1.80 bits per heavy atom. The van der Waals surface area contributed by atoms with Crippen molar-refractivity contribution in [2.45, 2.75) is 57.6 Å². The van der Waals surface area contributed by atoms with E-state index in [0.29, 0.717) is 12.0 Å². The minimum absolute atomic E-state index is 0.201. The lowest BCUT2D eigenvalue weighted by atomic mass is 9.85. The minimum atomic E-state index is 0.201. The van der Waals surface area contributed by atoms with Gasteiger partial charge in [0.15, 0.2) is 0 Å². The zero-order valence-corrected chi connectivity index (χ0v) is 18.7. The summed E-state index contributed by atoms with van der Waals surface area (Å²) in [5.74, 6) is 0.682. The molecule has 1 aromatic heterocycles. The molecule has 0 radical (unpaired) electrons. The van der Waals surface area contributed by atoms with E-state index in [1.165, 1.54) is 47.0 Å². The number of aryl methyl sites for hydroxylation is 1. The van der Waals surface area contributed by atoms with Crippen LogP contribution in [0.2, 0.25) is 0 Å². The number of benzene rings is 2. The molecule has 2 aromatic carbocycles. The maximum absolute atomic E-state index is 6.25. The van der Waals surface area contributed by atoms with Crippen LogP contribution in [0.25, 0.3) is 10.9 Å². The number of hydrogen-bond acceptors (Lipinski definition) is 2. The van der Waals surface area contributed by atoms with Gasteiger partial charge in [0.05, 0.1) is 12.7 Å². The average Bonchev–Trinajstić information content (AvgIpc) is 3.16. The fourth-order valence-electron chi connectivity index (χ4n) is 5.29. The Bertz CT molecular complexity index is 930. The van der Waals surface area contributed by atoms with E-state index in [9.17, 15) is 0 Å². The number of ether oxygens (including phenoxy) is 1. The summed E-state index contributed by atoms with van der Waals surface area (Å²) in [6, 6.07) is 20.2. The molecule has 1 N–H and O–H groups in total. The molecule has 1 aliphatic heterocycles. The number of hydrogen-bond donors (Lipinski definition) is 1. The third-order valence-electron chi connectivity index (χ3n) is 6.94. The summed E-state index contributed by atoms with van der Waals surface area (Å²) in [6.07, 6.45) is 7.08. The van der Waals surface area contributed by atoms with Gasteiger partial charge in [0.1, 0.15) is 0 Å². The summed E-state index contributed by atoms with van der Waals surface area (Å²) in [5.41, 5.74) is 5.49. The second kappa shape index (κ2) is 9.80. The molecule has 0 amide bonds. The van der Waals surface area contributed by atoms with Crippen LogP contribution in [0.15, 0.2) is 54.6 Å².